The van der Waals surface area contributed by atoms with Crippen LogP contribution < -0.4 is 0 Å². The molecule has 0 aliphatic heterocycles. The zero-order chi connectivity index (χ0) is 10.4. The summed E-state index contributed by atoms with van der Waals surface area (Å²) in [6.07, 6.45) is 14.4. The number of hydrogen-bond donors (Lipinski definition) is 0. The van der Waals surface area contributed by atoms with E-state index in [1.54, 1.807) is 0 Å². The number of hydrogen-bond acceptors (Lipinski definition) is 0. The van der Waals surface area contributed by atoms with Gasteiger partial charge >= 0.3 is 0 Å². The summed E-state index contributed by atoms with van der Waals surface area (Å²) in [5, 5.41) is 0. The van der Waals surface area contributed by atoms with Gasteiger partial charge in [-0.3, -0.25) is 0 Å². The molecule has 0 saturated heterocycles. The largest absolute Gasteiger partial charge is 0.331 e. The van der Waals surface area contributed by atoms with Gasteiger partial charge in [0.1, 0.15) is 0 Å². The number of unbranched alkanes of at least 4 members (excludes halogenated alkanes) is 2. The van der Waals surface area contributed by atoms with Crippen LogP contribution in [0.5, 0.6) is 0 Å². The fraction of sp³-hybridized carbons (Fsp3) is 0.692. The number of quaternary nitrogens is 1. The van der Waals surface area contributed by atoms with Gasteiger partial charge in [0.15, 0.2) is 0 Å². The first-order valence-electron chi connectivity index (χ1n) is 5.73. The molecular weight excluding hydrogens is 170 g/mol. The Morgan fingerprint density at radius 1 is 0.929 bits per heavy atom. The maximum Gasteiger partial charge on any atom is 0.0780 e. The van der Waals surface area contributed by atoms with E-state index in [9.17, 15) is 0 Å². The molecule has 0 aromatic rings. The molecule has 0 atom stereocenters. The van der Waals surface area contributed by atoms with Gasteiger partial charge in [0.2, 0.25) is 0 Å². The minimum absolute atomic E-state index is 0.735. The van der Waals surface area contributed by atoms with Crippen molar-refractivity contribution < 1.29 is 4.48 Å². The number of nitrogens with zero attached hydrogens (tertiary/aromatic N) is 1. The van der Waals surface area contributed by atoms with E-state index in [-0.39, 0.29) is 0 Å². The van der Waals surface area contributed by atoms with E-state index in [2.05, 4.69) is 45.4 Å². The normalized spacial score (nSPS) is 16.8. The molecule has 0 spiro atoms. The minimum Gasteiger partial charge on any atom is -0.331 e. The van der Waals surface area contributed by atoms with E-state index in [1.165, 1.54) is 32.2 Å². The van der Waals surface area contributed by atoms with Crippen molar-refractivity contribution in [2.75, 3.05) is 27.7 Å². The highest BCUT2D eigenvalue weighted by molar-refractivity contribution is 5.17. The van der Waals surface area contributed by atoms with Gasteiger partial charge in [0, 0.05) is 0 Å². The second-order valence-corrected chi connectivity index (χ2v) is 5.30. The quantitative estimate of drug-likeness (QED) is 0.450. The molecular formula is C13H24N+. The maximum absolute atomic E-state index is 2.31. The number of allylic oxidation sites excluding steroid dienone is 4. The molecule has 14 heavy (non-hydrogen) atoms. The third-order valence-corrected chi connectivity index (χ3v) is 2.69. The molecule has 1 aliphatic rings. The van der Waals surface area contributed by atoms with Gasteiger partial charge in [0.25, 0.3) is 0 Å². The molecule has 0 fully saturated rings. The molecule has 0 N–H and O–H groups in total. The molecule has 0 aromatic carbocycles. The highest BCUT2D eigenvalue weighted by Gasteiger charge is 2.06. The van der Waals surface area contributed by atoms with Crippen LogP contribution in [-0.2, 0) is 0 Å². The Morgan fingerprint density at radius 2 is 1.57 bits per heavy atom. The SMILES string of the molecule is C[N+](C)(C)CCCCCC1C=CC=C1. The van der Waals surface area contributed by atoms with Crippen LogP contribution in [0.15, 0.2) is 24.3 Å². The van der Waals surface area contributed by atoms with Crippen molar-refractivity contribution in [3.63, 3.8) is 0 Å². The molecule has 0 saturated carbocycles. The van der Waals surface area contributed by atoms with Crippen molar-refractivity contribution in [2.45, 2.75) is 25.7 Å². The average Bonchev–Trinajstić information content (AvgIpc) is 2.54. The lowest BCUT2D eigenvalue weighted by Crippen LogP contribution is -2.35. The van der Waals surface area contributed by atoms with Gasteiger partial charge < -0.3 is 4.48 Å². The van der Waals surface area contributed by atoms with Gasteiger partial charge in [-0.2, -0.15) is 0 Å². The third-order valence-electron chi connectivity index (χ3n) is 2.69. The lowest BCUT2D eigenvalue weighted by atomic mass is 10.0. The smallest absolute Gasteiger partial charge is 0.0780 e. The molecule has 1 heteroatoms. The van der Waals surface area contributed by atoms with Crippen molar-refractivity contribution in [1.82, 2.24) is 0 Å². The van der Waals surface area contributed by atoms with Crippen LogP contribution in [-0.4, -0.2) is 32.2 Å². The van der Waals surface area contributed by atoms with Gasteiger partial charge in [-0.15, -0.1) is 0 Å². The molecule has 1 nitrogen and oxygen atoms in total. The maximum atomic E-state index is 2.31. The van der Waals surface area contributed by atoms with Crippen LogP contribution >= 0.6 is 0 Å². The second-order valence-electron chi connectivity index (χ2n) is 5.30. The van der Waals surface area contributed by atoms with E-state index < -0.39 is 0 Å². The summed E-state index contributed by atoms with van der Waals surface area (Å²) in [7, 11) is 6.80. The van der Waals surface area contributed by atoms with Crippen molar-refractivity contribution >= 4 is 0 Å². The fourth-order valence-electron chi connectivity index (χ4n) is 1.81. The van der Waals surface area contributed by atoms with Crippen LogP contribution in [0, 0.1) is 5.92 Å². The predicted molar refractivity (Wildman–Crippen MR) is 63.1 cm³/mol. The predicted octanol–water partition coefficient (Wildman–Crippen LogP) is 3.00. The molecule has 0 heterocycles. The first-order valence-corrected chi connectivity index (χ1v) is 5.73. The summed E-state index contributed by atoms with van der Waals surface area (Å²) in [5.74, 6) is 0.735. The highest BCUT2D eigenvalue weighted by Crippen LogP contribution is 2.17. The standard InChI is InChI=1S/C13H24N/c1-14(2,3)12-8-4-5-9-13-10-6-7-11-13/h6-7,10-11,13H,4-5,8-9,12H2,1-3H3/q+1. The van der Waals surface area contributed by atoms with Crippen LogP contribution in [0.1, 0.15) is 25.7 Å². The van der Waals surface area contributed by atoms with Crippen LogP contribution in [0.2, 0.25) is 0 Å². The molecule has 0 unspecified atom stereocenters. The lowest BCUT2D eigenvalue weighted by Gasteiger charge is -2.23. The Bertz CT molecular complexity index is 196. The van der Waals surface area contributed by atoms with E-state index in [1.807, 2.05) is 0 Å². The van der Waals surface area contributed by atoms with Gasteiger partial charge in [-0.1, -0.05) is 30.7 Å². The van der Waals surface area contributed by atoms with Crippen LogP contribution in [0.25, 0.3) is 0 Å². The van der Waals surface area contributed by atoms with Crippen molar-refractivity contribution in [3.05, 3.63) is 24.3 Å². The Hall–Kier alpha value is -0.560. The molecule has 0 radical (unpaired) electrons. The van der Waals surface area contributed by atoms with Gasteiger partial charge in [-0.25, -0.2) is 0 Å². The summed E-state index contributed by atoms with van der Waals surface area (Å²) in [6.45, 7) is 1.30. The van der Waals surface area contributed by atoms with Crippen LogP contribution in [0.3, 0.4) is 0 Å². The van der Waals surface area contributed by atoms with E-state index in [0.29, 0.717) is 0 Å². The first kappa shape index (κ1) is 11.5. The summed E-state index contributed by atoms with van der Waals surface area (Å²) >= 11 is 0. The van der Waals surface area contributed by atoms with Crippen molar-refractivity contribution in [3.8, 4) is 0 Å². The van der Waals surface area contributed by atoms with Crippen molar-refractivity contribution in [2.24, 2.45) is 5.92 Å². The Morgan fingerprint density at radius 3 is 2.14 bits per heavy atom. The molecule has 80 valence electrons. The molecule has 0 aromatic heterocycles. The molecule has 1 aliphatic carbocycles. The lowest BCUT2D eigenvalue weighted by molar-refractivity contribution is -0.870. The second kappa shape index (κ2) is 5.35. The highest BCUT2D eigenvalue weighted by atomic mass is 15.3. The monoisotopic (exact) mass is 194 g/mol. The summed E-state index contributed by atoms with van der Waals surface area (Å²) < 4.78 is 1.10. The van der Waals surface area contributed by atoms with Crippen molar-refractivity contribution in [1.29, 1.82) is 0 Å². The number of rotatable bonds is 6. The Labute approximate surface area is 88.7 Å². The molecule has 1 rings (SSSR count). The average molecular weight is 194 g/mol. The third kappa shape index (κ3) is 5.23. The summed E-state index contributed by atoms with van der Waals surface area (Å²) in [4.78, 5) is 0. The van der Waals surface area contributed by atoms with Crippen LogP contribution in [0.4, 0.5) is 0 Å². The Balaban J connectivity index is 1.94. The zero-order valence-corrected chi connectivity index (χ0v) is 9.87. The fourth-order valence-corrected chi connectivity index (χ4v) is 1.81. The Kier molecular flexibility index (Phi) is 4.40. The van der Waals surface area contributed by atoms with Gasteiger partial charge in [0.05, 0.1) is 27.7 Å². The summed E-state index contributed by atoms with van der Waals surface area (Å²) in [5.41, 5.74) is 0. The topological polar surface area (TPSA) is 0 Å². The van der Waals surface area contributed by atoms with Gasteiger partial charge in [-0.05, 0) is 25.2 Å². The first-order chi connectivity index (χ1) is 6.58. The minimum atomic E-state index is 0.735. The molecule has 0 amide bonds. The summed E-state index contributed by atoms with van der Waals surface area (Å²) in [6, 6.07) is 0. The zero-order valence-electron chi connectivity index (χ0n) is 9.87. The molecule has 0 bridgehead atoms. The van der Waals surface area contributed by atoms with E-state index >= 15 is 0 Å². The van der Waals surface area contributed by atoms with E-state index in [4.69, 9.17) is 0 Å². The van der Waals surface area contributed by atoms with E-state index in [0.717, 1.165) is 10.4 Å².